The summed E-state index contributed by atoms with van der Waals surface area (Å²) in [5, 5.41) is 17.3. The highest BCUT2D eigenvalue weighted by atomic mass is 19.1. The minimum Gasteiger partial charge on any atom is -0.195 e. The smallest absolute Gasteiger partial charge is 0.195 e. The average molecular weight is 417 g/mol. The maximum Gasteiger partial charge on any atom is 0.199 e. The molecular weight excluding hydrogens is 383 g/mol. The molecule has 2 saturated carbocycles. The van der Waals surface area contributed by atoms with E-state index >= 15 is 0 Å². The Bertz CT molecular complexity index is 850. The maximum atomic E-state index is 12.7. The standard InChI is InChI=1S/C28H33FN2/c29-28(21-31)5-3-1-2-4-22-6-8-23(9-7-22)10-11-24-12-16-26(17-13-24)27-18-14-25(20-30)15-19-27/h1,3,5,10-11,14-15,18-19,22-24,26H,2,4,6-9,12-13,16-17H2/t22-,23-,24-,26-. The van der Waals surface area contributed by atoms with Crippen LogP contribution in [0, 0.1) is 40.4 Å². The van der Waals surface area contributed by atoms with Gasteiger partial charge >= 0.3 is 0 Å². The molecule has 2 aliphatic rings. The van der Waals surface area contributed by atoms with Gasteiger partial charge in [0.25, 0.3) is 0 Å². The Balaban J connectivity index is 1.33. The second-order valence-electron chi connectivity index (χ2n) is 9.14. The average Bonchev–Trinajstić information content (AvgIpc) is 2.83. The molecule has 0 saturated heterocycles. The summed E-state index contributed by atoms with van der Waals surface area (Å²) in [7, 11) is 0. The van der Waals surface area contributed by atoms with Crippen molar-refractivity contribution in [2.45, 2.75) is 70.1 Å². The van der Waals surface area contributed by atoms with Crippen molar-refractivity contribution in [1.82, 2.24) is 0 Å². The van der Waals surface area contributed by atoms with Gasteiger partial charge in [0.1, 0.15) is 6.07 Å². The molecule has 31 heavy (non-hydrogen) atoms. The Morgan fingerprint density at radius 2 is 1.52 bits per heavy atom. The molecule has 1 aromatic carbocycles. The Kier molecular flexibility index (Phi) is 9.11. The van der Waals surface area contributed by atoms with Gasteiger partial charge in [0.15, 0.2) is 5.83 Å². The number of hydrogen-bond acceptors (Lipinski definition) is 2. The number of allylic oxidation sites excluding steroid dienone is 6. The van der Waals surface area contributed by atoms with Gasteiger partial charge in [-0.05, 0) is 112 Å². The van der Waals surface area contributed by atoms with Gasteiger partial charge < -0.3 is 0 Å². The molecule has 0 aromatic heterocycles. The highest BCUT2D eigenvalue weighted by molar-refractivity contribution is 5.33. The first-order valence-electron chi connectivity index (χ1n) is 11.8. The van der Waals surface area contributed by atoms with Crippen molar-refractivity contribution >= 4 is 0 Å². The van der Waals surface area contributed by atoms with Gasteiger partial charge in [-0.3, -0.25) is 0 Å². The SMILES string of the molecule is N#CC(F)=CC=CCC[C@H]1CC[C@H](C=C[C@H]2CC[C@H](c3ccc(C#N)cc3)CC2)CC1. The molecule has 0 radical (unpaired) electrons. The zero-order valence-electron chi connectivity index (χ0n) is 18.3. The molecular formula is C28H33FN2. The summed E-state index contributed by atoms with van der Waals surface area (Å²) in [4.78, 5) is 0. The van der Waals surface area contributed by atoms with Crippen LogP contribution in [0.2, 0.25) is 0 Å². The first-order valence-corrected chi connectivity index (χ1v) is 11.8. The molecule has 0 spiro atoms. The Morgan fingerprint density at radius 1 is 0.903 bits per heavy atom. The normalized spacial score (nSPS) is 27.3. The van der Waals surface area contributed by atoms with Crippen molar-refractivity contribution in [2.75, 3.05) is 0 Å². The lowest BCUT2D eigenvalue weighted by Crippen LogP contribution is -2.14. The maximum absolute atomic E-state index is 12.7. The second-order valence-corrected chi connectivity index (χ2v) is 9.14. The lowest BCUT2D eigenvalue weighted by Gasteiger charge is -2.29. The lowest BCUT2D eigenvalue weighted by molar-refractivity contribution is 0.295. The summed E-state index contributed by atoms with van der Waals surface area (Å²) < 4.78 is 12.7. The number of nitrogens with zero attached hydrogens (tertiary/aromatic N) is 2. The Labute approximate surface area is 186 Å². The van der Waals surface area contributed by atoms with E-state index in [1.54, 1.807) is 6.08 Å². The van der Waals surface area contributed by atoms with Crippen LogP contribution in [0.15, 0.2) is 60.5 Å². The van der Waals surface area contributed by atoms with Crippen LogP contribution in [0.25, 0.3) is 0 Å². The molecule has 2 nitrogen and oxygen atoms in total. The first-order chi connectivity index (χ1) is 15.2. The number of benzene rings is 1. The van der Waals surface area contributed by atoms with Crippen molar-refractivity contribution in [3.8, 4) is 12.1 Å². The number of nitriles is 2. The first kappa shape index (κ1) is 23.0. The monoisotopic (exact) mass is 416 g/mol. The quantitative estimate of drug-likeness (QED) is 0.257. The van der Waals surface area contributed by atoms with Crippen LogP contribution in [-0.2, 0) is 0 Å². The van der Waals surface area contributed by atoms with E-state index in [4.69, 9.17) is 10.5 Å². The van der Waals surface area contributed by atoms with Gasteiger partial charge in [0, 0.05) is 0 Å². The molecule has 0 atom stereocenters. The van der Waals surface area contributed by atoms with Gasteiger partial charge in [-0.1, -0.05) is 36.4 Å². The van der Waals surface area contributed by atoms with E-state index in [-0.39, 0.29) is 0 Å². The predicted octanol–water partition coefficient (Wildman–Crippen LogP) is 7.91. The van der Waals surface area contributed by atoms with Gasteiger partial charge in [-0.2, -0.15) is 14.9 Å². The van der Waals surface area contributed by atoms with E-state index in [1.165, 1.54) is 69.1 Å². The van der Waals surface area contributed by atoms with Crippen LogP contribution in [-0.4, -0.2) is 0 Å². The van der Waals surface area contributed by atoms with Crippen molar-refractivity contribution in [2.24, 2.45) is 17.8 Å². The van der Waals surface area contributed by atoms with E-state index in [2.05, 4.69) is 30.4 Å². The second kappa shape index (κ2) is 12.3. The third-order valence-corrected chi connectivity index (χ3v) is 7.06. The predicted molar refractivity (Wildman–Crippen MR) is 124 cm³/mol. The molecule has 0 N–H and O–H groups in total. The third-order valence-electron chi connectivity index (χ3n) is 7.06. The van der Waals surface area contributed by atoms with E-state index in [1.807, 2.05) is 18.2 Å². The van der Waals surface area contributed by atoms with Gasteiger partial charge in [-0.25, -0.2) is 0 Å². The van der Waals surface area contributed by atoms with E-state index in [0.717, 1.165) is 36.2 Å². The number of hydrogen-bond donors (Lipinski definition) is 0. The summed E-state index contributed by atoms with van der Waals surface area (Å²) in [5.41, 5.74) is 2.13. The fraction of sp³-hybridized carbons (Fsp3) is 0.500. The molecule has 0 heterocycles. The van der Waals surface area contributed by atoms with Crippen molar-refractivity contribution in [1.29, 1.82) is 10.5 Å². The highest BCUT2D eigenvalue weighted by Crippen LogP contribution is 2.37. The van der Waals surface area contributed by atoms with Crippen molar-refractivity contribution in [3.63, 3.8) is 0 Å². The van der Waals surface area contributed by atoms with E-state index in [0.29, 0.717) is 5.92 Å². The summed E-state index contributed by atoms with van der Waals surface area (Å²) in [5.74, 6) is 2.15. The largest absolute Gasteiger partial charge is 0.199 e. The molecule has 0 bridgehead atoms. The fourth-order valence-electron chi connectivity index (χ4n) is 5.08. The summed E-state index contributed by atoms with van der Waals surface area (Å²) in [6.07, 6.45) is 22.2. The summed E-state index contributed by atoms with van der Waals surface area (Å²) >= 11 is 0. The molecule has 3 rings (SSSR count). The van der Waals surface area contributed by atoms with Crippen molar-refractivity contribution in [3.05, 3.63) is 71.6 Å². The van der Waals surface area contributed by atoms with Gasteiger partial charge in [-0.15, -0.1) is 0 Å². The van der Waals surface area contributed by atoms with Crippen LogP contribution in [0.5, 0.6) is 0 Å². The Morgan fingerprint density at radius 3 is 2.10 bits per heavy atom. The number of rotatable bonds is 7. The summed E-state index contributed by atoms with van der Waals surface area (Å²) in [6.45, 7) is 0. The molecule has 1 aromatic rings. The minimum absolute atomic E-state index is 0.647. The van der Waals surface area contributed by atoms with Crippen LogP contribution < -0.4 is 0 Å². The summed E-state index contributed by atoms with van der Waals surface area (Å²) in [6, 6.07) is 11.8. The van der Waals surface area contributed by atoms with Crippen LogP contribution >= 0.6 is 0 Å². The Hall–Kier alpha value is -2.65. The van der Waals surface area contributed by atoms with Crippen LogP contribution in [0.3, 0.4) is 0 Å². The van der Waals surface area contributed by atoms with Gasteiger partial charge in [0.05, 0.1) is 11.6 Å². The molecule has 162 valence electrons. The molecule has 0 amide bonds. The topological polar surface area (TPSA) is 47.6 Å². The van der Waals surface area contributed by atoms with Gasteiger partial charge in [0.2, 0.25) is 0 Å². The molecule has 0 aliphatic heterocycles. The lowest BCUT2D eigenvalue weighted by atomic mass is 9.77. The third kappa shape index (κ3) is 7.52. The van der Waals surface area contributed by atoms with Crippen molar-refractivity contribution < 1.29 is 4.39 Å². The zero-order valence-corrected chi connectivity index (χ0v) is 18.3. The molecule has 2 aliphatic carbocycles. The molecule has 2 fully saturated rings. The van der Waals surface area contributed by atoms with Crippen LogP contribution in [0.4, 0.5) is 4.39 Å². The minimum atomic E-state index is -0.730. The highest BCUT2D eigenvalue weighted by Gasteiger charge is 2.22. The van der Waals surface area contributed by atoms with E-state index in [9.17, 15) is 4.39 Å². The number of halogens is 1. The van der Waals surface area contributed by atoms with E-state index < -0.39 is 5.83 Å². The zero-order chi connectivity index (χ0) is 21.9. The van der Waals surface area contributed by atoms with Crippen LogP contribution in [0.1, 0.15) is 81.3 Å². The molecule has 3 heteroatoms. The fourth-order valence-corrected chi connectivity index (χ4v) is 5.08. The molecule has 0 unspecified atom stereocenters.